The van der Waals surface area contributed by atoms with Gasteiger partial charge in [0.25, 0.3) is 0 Å². The Labute approximate surface area is 63.1 Å². The van der Waals surface area contributed by atoms with E-state index in [0.717, 1.165) is 12.8 Å². The summed E-state index contributed by atoms with van der Waals surface area (Å²) >= 11 is 0. The quantitative estimate of drug-likeness (QED) is 0.491. The van der Waals surface area contributed by atoms with Gasteiger partial charge in [-0.2, -0.15) is 5.48 Å². The molecule has 1 aliphatic carbocycles. The summed E-state index contributed by atoms with van der Waals surface area (Å²) < 4.78 is 4.60. The van der Waals surface area contributed by atoms with E-state index in [0.29, 0.717) is 6.04 Å². The van der Waals surface area contributed by atoms with Crippen LogP contribution in [0.1, 0.15) is 32.1 Å². The van der Waals surface area contributed by atoms with Gasteiger partial charge in [0.15, 0.2) is 0 Å². The van der Waals surface area contributed by atoms with Crippen molar-refractivity contribution in [3.05, 3.63) is 0 Å². The summed E-state index contributed by atoms with van der Waals surface area (Å²) in [5.74, 6) is 0. The highest BCUT2D eigenvalue weighted by Crippen LogP contribution is 2.17. The molecule has 1 N–H and O–H groups in total. The number of hydroxylamine groups is 1. The first kappa shape index (κ1) is 8.41. The zero-order valence-corrected chi connectivity index (χ0v) is 6.93. The predicted molar refractivity (Wildman–Crippen MR) is 39.4 cm³/mol. The average Bonchev–Trinajstić information content (AvgIpc) is 2.03. The van der Waals surface area contributed by atoms with Crippen molar-refractivity contribution in [2.45, 2.75) is 38.1 Å². The molecule has 4 heteroatoms. The molecule has 0 aromatic carbocycles. The lowest BCUT2D eigenvalue weighted by Crippen LogP contribution is -2.29. The van der Waals surface area contributed by atoms with Gasteiger partial charge < -0.3 is 4.89 Å². The second-order valence-electron chi connectivity index (χ2n) is 2.64. The molecule has 0 heterocycles. The molecule has 0 saturated heterocycles. The van der Waals surface area contributed by atoms with Crippen molar-refractivity contribution in [3.63, 3.8) is 0 Å². The minimum absolute atomic E-state index is 0.440. The Bertz CT molecular complexity index is 85.8. The van der Waals surface area contributed by atoms with Gasteiger partial charge in [-0.05, 0) is 12.8 Å². The molecule has 3 nitrogen and oxygen atoms in total. The Morgan fingerprint density at radius 1 is 1.30 bits per heavy atom. The van der Waals surface area contributed by atoms with E-state index in [4.69, 9.17) is 0 Å². The number of rotatable bonds is 3. The highest BCUT2D eigenvalue weighted by Gasteiger charge is 2.11. The SMILES string of the molecule is [O-]PONC1CCCCC1. The van der Waals surface area contributed by atoms with Crippen LogP contribution in [0.5, 0.6) is 0 Å². The molecule has 0 aromatic rings. The van der Waals surface area contributed by atoms with E-state index in [1.54, 1.807) is 0 Å². The lowest BCUT2D eigenvalue weighted by Gasteiger charge is -2.22. The van der Waals surface area contributed by atoms with Gasteiger partial charge in [-0.25, -0.2) is 0 Å². The van der Waals surface area contributed by atoms with Crippen molar-refractivity contribution < 1.29 is 9.52 Å². The lowest BCUT2D eigenvalue weighted by atomic mass is 9.96. The van der Waals surface area contributed by atoms with Gasteiger partial charge in [-0.3, -0.25) is 4.62 Å². The predicted octanol–water partition coefficient (Wildman–Crippen LogP) is 0.709. The number of hydrogen-bond acceptors (Lipinski definition) is 3. The lowest BCUT2D eigenvalue weighted by molar-refractivity contribution is -0.175. The van der Waals surface area contributed by atoms with Gasteiger partial charge >= 0.3 is 0 Å². The average molecular weight is 162 g/mol. The minimum atomic E-state index is -0.679. The normalized spacial score (nSPS) is 22.5. The highest BCUT2D eigenvalue weighted by molar-refractivity contribution is 7.23. The van der Waals surface area contributed by atoms with Gasteiger partial charge in [-0.15, -0.1) is 0 Å². The van der Waals surface area contributed by atoms with E-state index < -0.39 is 9.03 Å². The standard InChI is InChI=1S/C6H13NO2P/c8-10-9-7-6-4-2-1-3-5-6/h6-7,10H,1-5H2/q-1. The van der Waals surface area contributed by atoms with E-state index in [9.17, 15) is 4.89 Å². The maximum absolute atomic E-state index is 9.92. The zero-order valence-electron chi connectivity index (χ0n) is 5.93. The van der Waals surface area contributed by atoms with Crippen LogP contribution in [0.25, 0.3) is 0 Å². The topological polar surface area (TPSA) is 44.3 Å². The molecule has 1 atom stereocenters. The largest absolute Gasteiger partial charge is 0.809 e. The molecule has 1 rings (SSSR count). The Balaban J connectivity index is 2.02. The van der Waals surface area contributed by atoms with Crippen LogP contribution in [0.4, 0.5) is 0 Å². The molecule has 0 amide bonds. The van der Waals surface area contributed by atoms with Gasteiger partial charge in [0.2, 0.25) is 0 Å². The minimum Gasteiger partial charge on any atom is -0.809 e. The fourth-order valence-electron chi connectivity index (χ4n) is 1.33. The first-order valence-electron chi connectivity index (χ1n) is 3.72. The fourth-order valence-corrected chi connectivity index (χ4v) is 1.54. The van der Waals surface area contributed by atoms with Gasteiger partial charge in [0.1, 0.15) is 0 Å². The maximum atomic E-state index is 9.92. The molecule has 1 saturated carbocycles. The molecule has 1 unspecified atom stereocenters. The molecule has 0 aromatic heterocycles. The molecule has 60 valence electrons. The molecule has 10 heavy (non-hydrogen) atoms. The van der Waals surface area contributed by atoms with Gasteiger partial charge in [0.05, 0.1) is 0 Å². The summed E-state index contributed by atoms with van der Waals surface area (Å²) in [5, 5.41) is 0. The Morgan fingerprint density at radius 2 is 2.00 bits per heavy atom. The highest BCUT2D eigenvalue weighted by atomic mass is 31.1. The first-order valence-corrected chi connectivity index (χ1v) is 4.53. The third kappa shape index (κ3) is 2.93. The molecule has 0 radical (unpaired) electrons. The Morgan fingerprint density at radius 3 is 2.60 bits per heavy atom. The van der Waals surface area contributed by atoms with Crippen molar-refractivity contribution in [1.82, 2.24) is 5.48 Å². The Hall–Kier alpha value is 0.310. The maximum Gasteiger partial charge on any atom is 0.0324 e. The van der Waals surface area contributed by atoms with Crippen LogP contribution in [0, 0.1) is 0 Å². The molecule has 0 bridgehead atoms. The molecular weight excluding hydrogens is 149 g/mol. The number of nitrogens with one attached hydrogen (secondary N) is 1. The monoisotopic (exact) mass is 162 g/mol. The number of hydrogen-bond donors (Lipinski definition) is 1. The van der Waals surface area contributed by atoms with Crippen LogP contribution in [-0.4, -0.2) is 6.04 Å². The van der Waals surface area contributed by atoms with Crippen LogP contribution in [0.15, 0.2) is 0 Å². The van der Waals surface area contributed by atoms with E-state index >= 15 is 0 Å². The summed E-state index contributed by atoms with van der Waals surface area (Å²) in [6.45, 7) is 0. The third-order valence-corrected chi connectivity index (χ3v) is 2.07. The smallest absolute Gasteiger partial charge is 0.0324 e. The second-order valence-corrected chi connectivity index (χ2v) is 3.01. The van der Waals surface area contributed by atoms with Crippen molar-refractivity contribution >= 4 is 9.03 Å². The van der Waals surface area contributed by atoms with Crippen LogP contribution in [0.3, 0.4) is 0 Å². The van der Waals surface area contributed by atoms with Crippen LogP contribution in [-0.2, 0) is 4.62 Å². The third-order valence-electron chi connectivity index (χ3n) is 1.87. The molecule has 1 aliphatic rings. The zero-order chi connectivity index (χ0) is 7.23. The summed E-state index contributed by atoms with van der Waals surface area (Å²) in [4.78, 5) is 9.92. The Kier molecular flexibility index (Phi) is 4.23. The molecule has 1 fully saturated rings. The van der Waals surface area contributed by atoms with Crippen LogP contribution >= 0.6 is 9.03 Å². The summed E-state index contributed by atoms with van der Waals surface area (Å²) in [6, 6.07) is 0.440. The van der Waals surface area contributed by atoms with Gasteiger partial charge in [0, 0.05) is 6.04 Å². The van der Waals surface area contributed by atoms with Crippen molar-refractivity contribution in [2.24, 2.45) is 0 Å². The van der Waals surface area contributed by atoms with Crippen LogP contribution in [0.2, 0.25) is 0 Å². The summed E-state index contributed by atoms with van der Waals surface area (Å²) in [7, 11) is -0.679. The molecular formula is C6H13NO2P-. The summed E-state index contributed by atoms with van der Waals surface area (Å²) in [5.41, 5.74) is 2.77. The van der Waals surface area contributed by atoms with E-state index in [2.05, 4.69) is 10.1 Å². The van der Waals surface area contributed by atoms with Crippen molar-refractivity contribution in [3.8, 4) is 0 Å². The summed E-state index contributed by atoms with van der Waals surface area (Å²) in [6.07, 6.45) is 6.18. The molecule has 0 spiro atoms. The van der Waals surface area contributed by atoms with E-state index in [-0.39, 0.29) is 0 Å². The van der Waals surface area contributed by atoms with E-state index in [1.165, 1.54) is 19.3 Å². The van der Waals surface area contributed by atoms with Crippen molar-refractivity contribution in [1.29, 1.82) is 0 Å². The van der Waals surface area contributed by atoms with Crippen molar-refractivity contribution in [2.75, 3.05) is 0 Å². The van der Waals surface area contributed by atoms with Gasteiger partial charge in [-0.1, -0.05) is 28.3 Å². The van der Waals surface area contributed by atoms with Crippen LogP contribution < -0.4 is 10.4 Å². The fraction of sp³-hybridized carbons (Fsp3) is 1.00. The first-order chi connectivity index (χ1) is 4.93. The van der Waals surface area contributed by atoms with E-state index in [1.807, 2.05) is 0 Å². The molecule has 0 aliphatic heterocycles. The second kappa shape index (κ2) is 5.03.